The minimum Gasteiger partial charge on any atom is -0.453 e. The molecular formula is C14H6Cl2N2O2S. The molecule has 0 amide bonds. The Hall–Kier alpha value is -1.82. The minimum absolute atomic E-state index is 0.428. The van der Waals surface area contributed by atoms with E-state index >= 15 is 0 Å². The summed E-state index contributed by atoms with van der Waals surface area (Å²) in [4.78, 5) is 16.5. The fraction of sp³-hybridized carbons (Fsp3) is 0. The fourth-order valence-corrected chi connectivity index (χ4v) is 3.56. The zero-order chi connectivity index (χ0) is 14.6. The highest BCUT2D eigenvalue weighted by atomic mass is 35.5. The lowest BCUT2D eigenvalue weighted by molar-refractivity contribution is 0.111. The molecular weight excluding hydrogens is 331 g/mol. The third kappa shape index (κ3) is 1.89. The van der Waals surface area contributed by atoms with Gasteiger partial charge in [0.05, 0.1) is 5.02 Å². The molecule has 0 aliphatic heterocycles. The normalized spacial score (nSPS) is 11.5. The van der Waals surface area contributed by atoms with Crippen molar-refractivity contribution in [2.24, 2.45) is 0 Å². The number of benzene rings is 1. The third-order valence-corrected chi connectivity index (χ3v) is 4.44. The van der Waals surface area contributed by atoms with Crippen LogP contribution in [0.4, 0.5) is 0 Å². The van der Waals surface area contributed by atoms with Crippen molar-refractivity contribution in [2.45, 2.75) is 0 Å². The number of rotatable bonds is 2. The molecule has 0 atom stereocenters. The summed E-state index contributed by atoms with van der Waals surface area (Å²) >= 11 is 13.6. The van der Waals surface area contributed by atoms with Crippen LogP contribution in [0.2, 0.25) is 10.0 Å². The molecule has 4 rings (SSSR count). The molecule has 0 bridgehead atoms. The molecule has 0 saturated carbocycles. The average Bonchev–Trinajstić information content (AvgIpc) is 3.09. The largest absolute Gasteiger partial charge is 0.453 e. The Labute approximate surface area is 132 Å². The van der Waals surface area contributed by atoms with E-state index in [1.165, 1.54) is 11.3 Å². The van der Waals surface area contributed by atoms with Crippen molar-refractivity contribution in [2.75, 3.05) is 0 Å². The number of aldehydes is 1. The smallest absolute Gasteiger partial charge is 0.194 e. The number of thiazole rings is 1. The number of carbonyl (C=O) groups is 1. The van der Waals surface area contributed by atoms with E-state index in [0.717, 1.165) is 16.6 Å². The van der Waals surface area contributed by atoms with E-state index in [0.29, 0.717) is 32.8 Å². The van der Waals surface area contributed by atoms with Gasteiger partial charge in [-0.15, -0.1) is 11.3 Å². The van der Waals surface area contributed by atoms with Crippen molar-refractivity contribution in [3.8, 4) is 11.5 Å². The summed E-state index contributed by atoms with van der Waals surface area (Å²) in [6.07, 6.45) is 2.57. The monoisotopic (exact) mass is 336 g/mol. The number of halogens is 2. The van der Waals surface area contributed by atoms with Crippen LogP contribution in [-0.2, 0) is 0 Å². The lowest BCUT2D eigenvalue weighted by Gasteiger charge is -1.94. The molecule has 0 fully saturated rings. The Kier molecular flexibility index (Phi) is 2.82. The number of hydrogen-bond donors (Lipinski definition) is 0. The number of aromatic nitrogens is 2. The average molecular weight is 337 g/mol. The van der Waals surface area contributed by atoms with Crippen LogP contribution in [0, 0.1) is 0 Å². The summed E-state index contributed by atoms with van der Waals surface area (Å²) in [5.74, 6) is 0.493. The molecule has 4 nitrogen and oxygen atoms in total. The summed E-state index contributed by atoms with van der Waals surface area (Å²) in [6, 6.07) is 5.16. The summed E-state index contributed by atoms with van der Waals surface area (Å²) in [5.41, 5.74) is 1.48. The van der Waals surface area contributed by atoms with Crippen LogP contribution in [0.25, 0.3) is 27.4 Å². The van der Waals surface area contributed by atoms with Crippen molar-refractivity contribution in [1.29, 1.82) is 0 Å². The van der Waals surface area contributed by atoms with Crippen molar-refractivity contribution < 1.29 is 9.21 Å². The van der Waals surface area contributed by atoms with E-state index in [2.05, 4.69) is 4.98 Å². The van der Waals surface area contributed by atoms with Crippen LogP contribution < -0.4 is 0 Å². The van der Waals surface area contributed by atoms with E-state index < -0.39 is 0 Å². The SMILES string of the molecule is O=Cc1c(-c2cc3cc(Cl)cc(Cl)c3o2)nc2sccn12. The number of imidazole rings is 1. The molecule has 0 N–H and O–H groups in total. The van der Waals surface area contributed by atoms with Gasteiger partial charge in [-0.2, -0.15) is 0 Å². The second-order valence-electron chi connectivity index (χ2n) is 4.44. The van der Waals surface area contributed by atoms with E-state index in [1.807, 2.05) is 5.38 Å². The van der Waals surface area contributed by atoms with Gasteiger partial charge in [0.25, 0.3) is 0 Å². The number of nitrogens with zero attached hydrogens (tertiary/aromatic N) is 2. The molecule has 0 radical (unpaired) electrons. The van der Waals surface area contributed by atoms with Gasteiger partial charge in [0.15, 0.2) is 22.6 Å². The first-order valence-corrected chi connectivity index (χ1v) is 7.60. The summed E-state index contributed by atoms with van der Waals surface area (Å²) in [6.45, 7) is 0. The van der Waals surface area contributed by atoms with Gasteiger partial charge in [-0.1, -0.05) is 23.2 Å². The second-order valence-corrected chi connectivity index (χ2v) is 6.15. The maximum Gasteiger partial charge on any atom is 0.194 e. The number of furan rings is 1. The molecule has 0 saturated heterocycles. The highest BCUT2D eigenvalue weighted by Crippen LogP contribution is 2.35. The molecule has 4 aromatic rings. The highest BCUT2D eigenvalue weighted by Gasteiger charge is 2.19. The van der Waals surface area contributed by atoms with E-state index in [1.54, 1.807) is 28.8 Å². The maximum absolute atomic E-state index is 11.4. The summed E-state index contributed by atoms with van der Waals surface area (Å²) in [5, 5.41) is 3.60. The molecule has 7 heteroatoms. The molecule has 0 aliphatic rings. The first-order chi connectivity index (χ1) is 10.2. The van der Waals surface area contributed by atoms with Gasteiger partial charge in [-0.3, -0.25) is 9.20 Å². The minimum atomic E-state index is 0.428. The first-order valence-electron chi connectivity index (χ1n) is 5.97. The Bertz CT molecular complexity index is 999. The van der Waals surface area contributed by atoms with Gasteiger partial charge >= 0.3 is 0 Å². The number of hydrogen-bond acceptors (Lipinski definition) is 4. The van der Waals surface area contributed by atoms with Crippen molar-refractivity contribution in [3.63, 3.8) is 0 Å². The standard InChI is InChI=1S/C14H6Cl2N2O2S/c15-8-3-7-4-11(20-13(7)9(16)5-8)12-10(6-19)18-1-2-21-14(18)17-12/h1-6H. The number of fused-ring (bicyclic) bond motifs is 2. The lowest BCUT2D eigenvalue weighted by atomic mass is 10.2. The van der Waals surface area contributed by atoms with Crippen LogP contribution in [-0.4, -0.2) is 15.7 Å². The van der Waals surface area contributed by atoms with Gasteiger partial charge in [0, 0.05) is 22.0 Å². The maximum atomic E-state index is 11.4. The molecule has 0 unspecified atom stereocenters. The van der Waals surface area contributed by atoms with Gasteiger partial charge < -0.3 is 4.42 Å². The molecule has 21 heavy (non-hydrogen) atoms. The van der Waals surface area contributed by atoms with Crippen LogP contribution in [0.15, 0.2) is 34.2 Å². The fourth-order valence-electron chi connectivity index (χ4n) is 2.29. The molecule has 0 spiro atoms. The predicted octanol–water partition coefficient (Wildman–Crippen LogP) is 4.93. The van der Waals surface area contributed by atoms with Crippen LogP contribution in [0.3, 0.4) is 0 Å². The predicted molar refractivity (Wildman–Crippen MR) is 83.7 cm³/mol. The molecule has 3 heterocycles. The molecule has 104 valence electrons. The third-order valence-electron chi connectivity index (χ3n) is 3.18. The lowest BCUT2D eigenvalue weighted by Crippen LogP contribution is -1.88. The van der Waals surface area contributed by atoms with Gasteiger partial charge in [0.2, 0.25) is 0 Å². The van der Waals surface area contributed by atoms with Gasteiger partial charge in [0.1, 0.15) is 11.4 Å². The van der Waals surface area contributed by atoms with Gasteiger partial charge in [-0.25, -0.2) is 4.98 Å². The van der Waals surface area contributed by atoms with Gasteiger partial charge in [-0.05, 0) is 18.2 Å². The quantitative estimate of drug-likeness (QED) is 0.487. The Morgan fingerprint density at radius 3 is 2.95 bits per heavy atom. The van der Waals surface area contributed by atoms with E-state index in [9.17, 15) is 4.79 Å². The van der Waals surface area contributed by atoms with Crippen LogP contribution in [0.1, 0.15) is 10.5 Å². The Morgan fingerprint density at radius 1 is 1.29 bits per heavy atom. The van der Waals surface area contributed by atoms with Crippen molar-refractivity contribution >= 4 is 56.8 Å². The molecule has 0 aliphatic carbocycles. The van der Waals surface area contributed by atoms with Crippen molar-refractivity contribution in [1.82, 2.24) is 9.38 Å². The number of carbonyl (C=O) groups excluding carboxylic acids is 1. The van der Waals surface area contributed by atoms with E-state index in [4.69, 9.17) is 27.6 Å². The molecule has 3 aromatic heterocycles. The summed E-state index contributed by atoms with van der Waals surface area (Å²) < 4.78 is 7.49. The summed E-state index contributed by atoms with van der Waals surface area (Å²) in [7, 11) is 0. The molecule has 1 aromatic carbocycles. The highest BCUT2D eigenvalue weighted by molar-refractivity contribution is 7.15. The van der Waals surface area contributed by atoms with Crippen LogP contribution in [0.5, 0.6) is 0 Å². The zero-order valence-electron chi connectivity index (χ0n) is 10.3. The Balaban J connectivity index is 2.02. The Morgan fingerprint density at radius 2 is 2.14 bits per heavy atom. The second kappa shape index (κ2) is 4.59. The van der Waals surface area contributed by atoms with Crippen molar-refractivity contribution in [3.05, 3.63) is 45.5 Å². The topological polar surface area (TPSA) is 47.5 Å². The zero-order valence-corrected chi connectivity index (χ0v) is 12.7. The van der Waals surface area contributed by atoms with Crippen LogP contribution >= 0.6 is 34.5 Å². The first kappa shape index (κ1) is 12.9. The van der Waals surface area contributed by atoms with E-state index in [-0.39, 0.29) is 0 Å².